The molecule has 0 atom stereocenters. The molecule has 0 fully saturated rings. The molecule has 1 heterocycles. The summed E-state index contributed by atoms with van der Waals surface area (Å²) in [5, 5.41) is 11.9. The fraction of sp³-hybridized carbons (Fsp3) is 0.176. The van der Waals surface area contributed by atoms with Gasteiger partial charge in [-0.2, -0.15) is 0 Å². The molecule has 0 bridgehead atoms. The fourth-order valence-corrected chi connectivity index (χ4v) is 3.67. The Morgan fingerprint density at radius 3 is 2.35 bits per heavy atom. The minimum absolute atomic E-state index is 0.229. The molecule has 0 saturated carbocycles. The zero-order chi connectivity index (χ0) is 16.4. The highest BCUT2D eigenvalue weighted by atomic mass is 35.5. The lowest BCUT2D eigenvalue weighted by Gasteiger charge is -2.08. The molecule has 4 nitrogen and oxygen atoms in total. The second-order valence-corrected chi connectivity index (χ2v) is 6.97. The summed E-state index contributed by atoms with van der Waals surface area (Å²) in [6.07, 6.45) is 1.68. The quantitative estimate of drug-likeness (QED) is 0.851. The van der Waals surface area contributed by atoms with E-state index in [9.17, 15) is 9.59 Å². The summed E-state index contributed by atoms with van der Waals surface area (Å²) in [6.45, 7) is 0. The average molecular weight is 348 g/mol. The number of hydrogen-bond acceptors (Lipinski definition) is 3. The lowest BCUT2D eigenvalue weighted by atomic mass is 10.1. The second-order valence-electron chi connectivity index (χ2n) is 5.25. The molecule has 2 N–H and O–H groups in total. The van der Waals surface area contributed by atoms with Gasteiger partial charge in [0.2, 0.25) is 0 Å². The average Bonchev–Trinajstić information content (AvgIpc) is 3.16. The van der Waals surface area contributed by atoms with E-state index in [1.807, 2.05) is 24.3 Å². The van der Waals surface area contributed by atoms with Crippen molar-refractivity contribution in [3.8, 4) is 10.4 Å². The van der Waals surface area contributed by atoms with E-state index in [1.54, 1.807) is 12.1 Å². The molecule has 0 spiro atoms. The summed E-state index contributed by atoms with van der Waals surface area (Å²) in [6, 6.07) is 11.2. The van der Waals surface area contributed by atoms with E-state index in [-0.39, 0.29) is 11.5 Å². The Hall–Kier alpha value is -2.11. The first kappa shape index (κ1) is 15.8. The number of thiophene rings is 1. The smallest absolute Gasteiger partial charge is 0.332 e. The highest BCUT2D eigenvalue weighted by Crippen LogP contribution is 2.32. The van der Waals surface area contributed by atoms with Crippen molar-refractivity contribution in [3.63, 3.8) is 0 Å². The maximum atomic E-state index is 12.2. The van der Waals surface area contributed by atoms with Crippen LogP contribution in [0.4, 0.5) is 5.69 Å². The monoisotopic (exact) mass is 347 g/mol. The zero-order valence-electron chi connectivity index (χ0n) is 12.1. The molecular formula is C17H14ClNO3S. The molecule has 1 aliphatic carbocycles. The van der Waals surface area contributed by atoms with Gasteiger partial charge in [0, 0.05) is 21.7 Å². The Balaban J connectivity index is 1.75. The van der Waals surface area contributed by atoms with Gasteiger partial charge >= 0.3 is 5.97 Å². The Morgan fingerprint density at radius 1 is 1.04 bits per heavy atom. The number of halogens is 1. The topological polar surface area (TPSA) is 66.4 Å². The van der Waals surface area contributed by atoms with Crippen molar-refractivity contribution in [2.24, 2.45) is 0 Å². The maximum Gasteiger partial charge on any atom is 0.332 e. The van der Waals surface area contributed by atoms with Gasteiger partial charge in [-0.1, -0.05) is 23.7 Å². The third-order valence-electron chi connectivity index (χ3n) is 3.75. The van der Waals surface area contributed by atoms with Crippen LogP contribution in [0.3, 0.4) is 0 Å². The van der Waals surface area contributed by atoms with Crippen molar-refractivity contribution in [1.82, 2.24) is 0 Å². The molecule has 3 rings (SSSR count). The van der Waals surface area contributed by atoms with Gasteiger partial charge in [-0.3, -0.25) is 4.79 Å². The number of anilines is 1. The predicted molar refractivity (Wildman–Crippen MR) is 91.9 cm³/mol. The molecule has 6 heteroatoms. The van der Waals surface area contributed by atoms with E-state index < -0.39 is 5.97 Å². The van der Waals surface area contributed by atoms with Crippen LogP contribution >= 0.6 is 22.9 Å². The Kier molecular flexibility index (Phi) is 4.50. The van der Waals surface area contributed by atoms with Crippen LogP contribution in [0.25, 0.3) is 10.4 Å². The van der Waals surface area contributed by atoms with Crippen LogP contribution in [0.15, 0.2) is 47.5 Å². The number of carboxylic acid groups (broad SMARTS) is 1. The molecular weight excluding hydrogens is 334 g/mol. The fourth-order valence-electron chi connectivity index (χ4n) is 2.62. The first-order valence-electron chi connectivity index (χ1n) is 7.17. The molecule has 0 unspecified atom stereocenters. The Bertz CT molecular complexity index is 792. The van der Waals surface area contributed by atoms with Crippen LogP contribution in [-0.2, 0) is 9.59 Å². The zero-order valence-corrected chi connectivity index (χ0v) is 13.7. The van der Waals surface area contributed by atoms with Crippen molar-refractivity contribution in [1.29, 1.82) is 0 Å². The third-order valence-corrected chi connectivity index (χ3v) is 5.03. The number of benzene rings is 1. The number of carbonyl (C=O) groups excluding carboxylic acids is 1. The number of amides is 1. The number of aliphatic carboxylic acids is 1. The second kappa shape index (κ2) is 6.56. The van der Waals surface area contributed by atoms with Crippen molar-refractivity contribution in [3.05, 3.63) is 51.9 Å². The van der Waals surface area contributed by atoms with Crippen LogP contribution in [0.5, 0.6) is 0 Å². The van der Waals surface area contributed by atoms with Crippen LogP contribution in [-0.4, -0.2) is 17.0 Å². The van der Waals surface area contributed by atoms with Gasteiger partial charge in [0.1, 0.15) is 0 Å². The summed E-state index contributed by atoms with van der Waals surface area (Å²) in [7, 11) is 0. The molecule has 0 radical (unpaired) electrons. The van der Waals surface area contributed by atoms with Crippen molar-refractivity contribution in [2.45, 2.75) is 19.3 Å². The Labute approximate surface area is 142 Å². The highest BCUT2D eigenvalue weighted by Gasteiger charge is 2.25. The van der Waals surface area contributed by atoms with E-state index in [1.165, 1.54) is 11.3 Å². The standard InChI is InChI=1S/C17H14ClNO3S/c18-15-9-8-14(23-15)10-4-6-11(7-5-10)19-16(20)12-2-1-3-13(12)17(21)22/h4-9H,1-3H2,(H,19,20)(H,21,22). The SMILES string of the molecule is O=C(O)C1=C(C(=O)Nc2ccc(-c3ccc(Cl)s3)cc2)CCC1. The van der Waals surface area contributed by atoms with Crippen molar-refractivity contribution >= 4 is 40.5 Å². The van der Waals surface area contributed by atoms with Gasteiger partial charge in [0.15, 0.2) is 0 Å². The molecule has 0 aliphatic heterocycles. The van der Waals surface area contributed by atoms with Crippen LogP contribution in [0, 0.1) is 0 Å². The lowest BCUT2D eigenvalue weighted by Crippen LogP contribution is -2.16. The lowest BCUT2D eigenvalue weighted by molar-refractivity contribution is -0.133. The normalized spacial score (nSPS) is 14.1. The molecule has 1 amide bonds. The van der Waals surface area contributed by atoms with Crippen LogP contribution < -0.4 is 5.32 Å². The van der Waals surface area contributed by atoms with Gasteiger partial charge in [-0.05, 0) is 49.1 Å². The molecule has 118 valence electrons. The third kappa shape index (κ3) is 3.46. The van der Waals surface area contributed by atoms with Gasteiger partial charge in [-0.25, -0.2) is 4.79 Å². The molecule has 1 aromatic heterocycles. The van der Waals surface area contributed by atoms with Crippen LogP contribution in [0.1, 0.15) is 19.3 Å². The van der Waals surface area contributed by atoms with Gasteiger partial charge in [0.05, 0.1) is 4.34 Å². The Morgan fingerprint density at radius 2 is 1.74 bits per heavy atom. The largest absolute Gasteiger partial charge is 0.478 e. The molecule has 23 heavy (non-hydrogen) atoms. The summed E-state index contributed by atoms with van der Waals surface area (Å²) in [5.74, 6) is -1.33. The predicted octanol–water partition coefficient (Wildman–Crippen LogP) is 4.57. The molecule has 0 saturated heterocycles. The number of nitrogens with one attached hydrogen (secondary N) is 1. The summed E-state index contributed by atoms with van der Waals surface area (Å²) >= 11 is 7.42. The first-order chi connectivity index (χ1) is 11.0. The van der Waals surface area contributed by atoms with Crippen molar-refractivity contribution < 1.29 is 14.7 Å². The number of carbonyl (C=O) groups is 2. The minimum Gasteiger partial charge on any atom is -0.478 e. The van der Waals surface area contributed by atoms with E-state index in [2.05, 4.69) is 5.32 Å². The first-order valence-corrected chi connectivity index (χ1v) is 8.36. The number of rotatable bonds is 4. The summed E-state index contributed by atoms with van der Waals surface area (Å²) < 4.78 is 0.728. The maximum absolute atomic E-state index is 12.2. The number of carboxylic acids is 1. The van der Waals surface area contributed by atoms with Crippen molar-refractivity contribution in [2.75, 3.05) is 5.32 Å². The van der Waals surface area contributed by atoms with E-state index in [0.717, 1.165) is 14.8 Å². The molecule has 2 aromatic rings. The van der Waals surface area contributed by atoms with Gasteiger partial charge < -0.3 is 10.4 Å². The number of hydrogen-bond donors (Lipinski definition) is 2. The molecule has 1 aromatic carbocycles. The van der Waals surface area contributed by atoms with Gasteiger partial charge in [0.25, 0.3) is 5.91 Å². The summed E-state index contributed by atoms with van der Waals surface area (Å²) in [4.78, 5) is 24.4. The van der Waals surface area contributed by atoms with E-state index in [0.29, 0.717) is 30.5 Å². The van der Waals surface area contributed by atoms with Gasteiger partial charge in [-0.15, -0.1) is 11.3 Å². The van der Waals surface area contributed by atoms with E-state index in [4.69, 9.17) is 16.7 Å². The highest BCUT2D eigenvalue weighted by molar-refractivity contribution is 7.19. The minimum atomic E-state index is -1.00. The van der Waals surface area contributed by atoms with Crippen LogP contribution in [0.2, 0.25) is 4.34 Å². The summed E-state index contributed by atoms with van der Waals surface area (Å²) in [5.41, 5.74) is 2.27. The van der Waals surface area contributed by atoms with E-state index >= 15 is 0 Å². The molecule has 1 aliphatic rings.